The van der Waals surface area contributed by atoms with E-state index in [4.69, 9.17) is 21.2 Å². The van der Waals surface area contributed by atoms with Gasteiger partial charge in [-0.05, 0) is 36.2 Å². The van der Waals surface area contributed by atoms with E-state index < -0.39 is 0 Å². The lowest BCUT2D eigenvalue weighted by Crippen LogP contribution is -2.29. The highest BCUT2D eigenvalue weighted by atomic mass is 35.5. The summed E-state index contributed by atoms with van der Waals surface area (Å²) in [4.78, 5) is 16.8. The van der Waals surface area contributed by atoms with E-state index in [0.717, 1.165) is 16.9 Å². The molecule has 0 bridgehead atoms. The van der Waals surface area contributed by atoms with Crippen LogP contribution in [0.3, 0.4) is 0 Å². The molecule has 0 saturated carbocycles. The molecule has 0 unspecified atom stereocenters. The van der Waals surface area contributed by atoms with Gasteiger partial charge in [-0.2, -0.15) is 0 Å². The number of hydrogen-bond donors (Lipinski definition) is 1. The van der Waals surface area contributed by atoms with Crippen molar-refractivity contribution in [2.75, 3.05) is 14.2 Å². The minimum atomic E-state index is -0.327. The number of nitrogens with zero attached hydrogens (tertiary/aromatic N) is 1. The van der Waals surface area contributed by atoms with Crippen molar-refractivity contribution in [3.8, 4) is 5.75 Å². The Morgan fingerprint density at radius 3 is 2.67 bits per heavy atom. The average Bonchev–Trinajstić information content (AvgIpc) is 2.59. The molecule has 0 aliphatic carbocycles. The summed E-state index contributed by atoms with van der Waals surface area (Å²) in [5.41, 5.74) is 2.63. The highest BCUT2D eigenvalue weighted by Gasteiger charge is 2.17. The fourth-order valence-electron chi connectivity index (χ4n) is 2.23. The zero-order chi connectivity index (χ0) is 17.5. The van der Waals surface area contributed by atoms with Gasteiger partial charge in [0.15, 0.2) is 5.71 Å². The first-order valence-corrected chi connectivity index (χ1v) is 7.75. The predicted octanol–water partition coefficient (Wildman–Crippen LogP) is 3.32. The van der Waals surface area contributed by atoms with Crippen LogP contribution >= 0.6 is 11.6 Å². The van der Waals surface area contributed by atoms with Crippen LogP contribution in [0, 0.1) is 6.92 Å². The summed E-state index contributed by atoms with van der Waals surface area (Å²) in [5.74, 6) is 0.409. The number of ether oxygens (including phenoxy) is 1. The van der Waals surface area contributed by atoms with Crippen molar-refractivity contribution in [3.05, 3.63) is 64.2 Å². The maximum Gasteiger partial charge on any atom is 0.273 e. The van der Waals surface area contributed by atoms with Gasteiger partial charge < -0.3 is 14.9 Å². The Labute approximate surface area is 146 Å². The molecular formula is C18H19ClN2O3. The Bertz CT molecular complexity index is 760. The van der Waals surface area contributed by atoms with Crippen molar-refractivity contribution in [2.24, 2.45) is 5.16 Å². The number of hydrogen-bond acceptors (Lipinski definition) is 4. The zero-order valence-corrected chi connectivity index (χ0v) is 14.6. The molecular weight excluding hydrogens is 328 g/mol. The van der Waals surface area contributed by atoms with Crippen LogP contribution in [-0.4, -0.2) is 25.8 Å². The van der Waals surface area contributed by atoms with Crippen LogP contribution in [0.25, 0.3) is 0 Å². The molecule has 0 saturated heterocycles. The summed E-state index contributed by atoms with van der Waals surface area (Å²) in [7, 11) is 2.95. The van der Waals surface area contributed by atoms with E-state index in [1.54, 1.807) is 19.2 Å². The number of carbonyl (C=O) groups is 1. The molecule has 0 heterocycles. The fraction of sp³-hybridized carbons (Fsp3) is 0.222. The quantitative estimate of drug-likeness (QED) is 0.644. The maximum atomic E-state index is 12.0. The van der Waals surface area contributed by atoms with E-state index in [1.165, 1.54) is 7.11 Å². The number of amides is 1. The number of aryl methyl sites for hydroxylation is 1. The van der Waals surface area contributed by atoms with Crippen LogP contribution in [0.5, 0.6) is 5.75 Å². The van der Waals surface area contributed by atoms with Crippen LogP contribution in [0.15, 0.2) is 47.6 Å². The van der Waals surface area contributed by atoms with E-state index in [9.17, 15) is 4.79 Å². The molecule has 2 aromatic carbocycles. The molecule has 0 radical (unpaired) electrons. The molecule has 1 amide bonds. The van der Waals surface area contributed by atoms with Crippen molar-refractivity contribution in [1.29, 1.82) is 0 Å². The first-order chi connectivity index (χ1) is 11.6. The Hall–Kier alpha value is -2.53. The van der Waals surface area contributed by atoms with Crippen LogP contribution in [0.2, 0.25) is 5.02 Å². The summed E-state index contributed by atoms with van der Waals surface area (Å²) in [6.07, 6.45) is 0. The van der Waals surface area contributed by atoms with Gasteiger partial charge in [0.25, 0.3) is 5.91 Å². The Balaban J connectivity index is 2.28. The van der Waals surface area contributed by atoms with Gasteiger partial charge in [0, 0.05) is 17.6 Å². The van der Waals surface area contributed by atoms with Gasteiger partial charge >= 0.3 is 0 Å². The third-order valence-electron chi connectivity index (χ3n) is 3.42. The molecule has 0 fully saturated rings. The van der Waals surface area contributed by atoms with Gasteiger partial charge in [-0.1, -0.05) is 41.0 Å². The molecule has 5 nitrogen and oxygen atoms in total. The Morgan fingerprint density at radius 2 is 2.00 bits per heavy atom. The summed E-state index contributed by atoms with van der Waals surface area (Å²) in [5, 5.41) is 7.06. The zero-order valence-electron chi connectivity index (χ0n) is 13.8. The first-order valence-electron chi connectivity index (χ1n) is 7.37. The van der Waals surface area contributed by atoms with E-state index >= 15 is 0 Å². The van der Waals surface area contributed by atoms with Gasteiger partial charge in [0.2, 0.25) is 0 Å². The van der Waals surface area contributed by atoms with E-state index in [2.05, 4.69) is 10.5 Å². The lowest BCUT2D eigenvalue weighted by molar-refractivity contribution is -0.114. The average molecular weight is 347 g/mol. The number of rotatable bonds is 6. The van der Waals surface area contributed by atoms with Crippen molar-refractivity contribution < 1.29 is 14.4 Å². The summed E-state index contributed by atoms with van der Waals surface area (Å²) in [6, 6.07) is 12.8. The van der Waals surface area contributed by atoms with Crippen LogP contribution in [-0.2, 0) is 16.2 Å². The van der Waals surface area contributed by atoms with E-state index in [-0.39, 0.29) is 11.6 Å². The normalized spacial score (nSPS) is 11.1. The number of carbonyl (C=O) groups excluding carboxylic acids is 1. The molecule has 126 valence electrons. The number of benzene rings is 2. The van der Waals surface area contributed by atoms with Crippen molar-refractivity contribution in [2.45, 2.75) is 13.5 Å². The van der Waals surface area contributed by atoms with Crippen molar-refractivity contribution in [1.82, 2.24) is 5.32 Å². The third-order valence-corrected chi connectivity index (χ3v) is 3.65. The summed E-state index contributed by atoms with van der Waals surface area (Å²) >= 11 is 5.96. The van der Waals surface area contributed by atoms with Crippen LogP contribution in [0.4, 0.5) is 0 Å². The van der Waals surface area contributed by atoms with Crippen LogP contribution < -0.4 is 10.1 Å². The van der Waals surface area contributed by atoms with E-state index in [1.807, 2.05) is 37.3 Å². The molecule has 6 heteroatoms. The molecule has 24 heavy (non-hydrogen) atoms. The molecule has 0 spiro atoms. The molecule has 2 aromatic rings. The summed E-state index contributed by atoms with van der Waals surface area (Å²) in [6.45, 7) is 2.22. The van der Waals surface area contributed by atoms with Gasteiger partial charge in [-0.15, -0.1) is 0 Å². The van der Waals surface area contributed by atoms with Gasteiger partial charge in [-0.3, -0.25) is 4.79 Å². The highest BCUT2D eigenvalue weighted by molar-refractivity contribution is 6.45. The molecule has 0 aromatic heterocycles. The standard InChI is InChI=1S/C18H19ClN2O3/c1-12-10-14(19)8-9-16(12)24-11-13-6-4-5-7-15(13)17(21-23-3)18(22)20-2/h4-10H,11H2,1-3H3,(H,20,22)/b21-17+. The molecule has 0 atom stereocenters. The van der Waals surface area contributed by atoms with Crippen molar-refractivity contribution in [3.63, 3.8) is 0 Å². The predicted molar refractivity (Wildman–Crippen MR) is 94.6 cm³/mol. The molecule has 0 aliphatic rings. The largest absolute Gasteiger partial charge is 0.489 e. The van der Waals surface area contributed by atoms with E-state index in [0.29, 0.717) is 17.2 Å². The van der Waals surface area contributed by atoms with Gasteiger partial charge in [-0.25, -0.2) is 0 Å². The molecule has 0 aliphatic heterocycles. The smallest absolute Gasteiger partial charge is 0.273 e. The number of likely N-dealkylation sites (N-methyl/N-ethyl adjacent to an activating group) is 1. The molecule has 2 rings (SSSR count). The third kappa shape index (κ3) is 4.26. The van der Waals surface area contributed by atoms with Gasteiger partial charge in [0.1, 0.15) is 19.5 Å². The molecule has 1 N–H and O–H groups in total. The van der Waals surface area contributed by atoms with Gasteiger partial charge in [0.05, 0.1) is 0 Å². The number of oxime groups is 1. The number of halogens is 1. The van der Waals surface area contributed by atoms with Crippen LogP contribution in [0.1, 0.15) is 16.7 Å². The lowest BCUT2D eigenvalue weighted by Gasteiger charge is -2.13. The SMILES string of the molecule is CNC(=O)/C(=N/OC)c1ccccc1COc1ccc(Cl)cc1C. The highest BCUT2D eigenvalue weighted by Crippen LogP contribution is 2.23. The second-order valence-corrected chi connectivity index (χ2v) is 5.49. The monoisotopic (exact) mass is 346 g/mol. The summed E-state index contributed by atoms with van der Waals surface area (Å²) < 4.78 is 5.87. The fourth-order valence-corrected chi connectivity index (χ4v) is 2.46. The Morgan fingerprint density at radius 1 is 1.25 bits per heavy atom. The minimum Gasteiger partial charge on any atom is -0.489 e. The lowest BCUT2D eigenvalue weighted by atomic mass is 10.0. The number of nitrogens with one attached hydrogen (secondary N) is 1. The maximum absolute atomic E-state index is 12.0. The second kappa shape index (κ2) is 8.36. The Kier molecular flexibility index (Phi) is 6.21. The second-order valence-electron chi connectivity index (χ2n) is 5.06. The first kappa shape index (κ1) is 17.8. The topological polar surface area (TPSA) is 59.9 Å². The van der Waals surface area contributed by atoms with Crippen molar-refractivity contribution >= 4 is 23.2 Å². The minimum absolute atomic E-state index is 0.201.